The highest BCUT2D eigenvalue weighted by Gasteiger charge is 2.31. The van der Waals surface area contributed by atoms with Crippen LogP contribution in [0.25, 0.3) is 0 Å². The third-order valence-corrected chi connectivity index (χ3v) is 6.60. The molecule has 1 aromatic heterocycles. The number of hydrogen-bond donors (Lipinski definition) is 0. The quantitative estimate of drug-likeness (QED) is 0.792. The highest BCUT2D eigenvalue weighted by Crippen LogP contribution is 2.32. The Bertz CT molecular complexity index is 1010. The Morgan fingerprint density at radius 2 is 2.12 bits per heavy atom. The molecule has 2 aliphatic heterocycles. The minimum atomic E-state index is -3.64. The summed E-state index contributed by atoms with van der Waals surface area (Å²) < 4.78 is 34.5. The van der Waals surface area contributed by atoms with Crippen molar-refractivity contribution in [1.29, 1.82) is 0 Å². The van der Waals surface area contributed by atoms with Crippen molar-refractivity contribution in [2.45, 2.75) is 37.3 Å². The zero-order valence-corrected chi connectivity index (χ0v) is 14.9. The second-order valence-electron chi connectivity index (χ2n) is 6.58. The Labute approximate surface area is 145 Å². The van der Waals surface area contributed by atoms with E-state index in [0.29, 0.717) is 24.1 Å². The smallest absolute Gasteiger partial charge is 0.256 e. The maximum Gasteiger partial charge on any atom is 0.256 e. The van der Waals surface area contributed by atoms with Crippen LogP contribution in [0, 0.1) is 0 Å². The van der Waals surface area contributed by atoms with Gasteiger partial charge in [-0.2, -0.15) is 4.31 Å². The van der Waals surface area contributed by atoms with Gasteiger partial charge in [-0.3, -0.25) is 4.79 Å². The van der Waals surface area contributed by atoms with Crippen LogP contribution in [-0.4, -0.2) is 34.9 Å². The first-order chi connectivity index (χ1) is 11.9. The average Bonchev–Trinajstić information content (AvgIpc) is 2.97. The molecule has 0 saturated heterocycles. The molecule has 132 valence electrons. The molecule has 2 aromatic rings. The van der Waals surface area contributed by atoms with E-state index in [9.17, 15) is 13.2 Å². The SMILES string of the molecule is CC1Cc2cc(S(=O)(=O)N3CCc4c(ncn(C)c4=O)C3)ccc2O1. The molecule has 4 rings (SSSR count). The van der Waals surface area contributed by atoms with Crippen LogP contribution < -0.4 is 10.3 Å². The molecular weight excluding hydrogens is 342 g/mol. The lowest BCUT2D eigenvalue weighted by Gasteiger charge is -2.27. The van der Waals surface area contributed by atoms with Crippen LogP contribution >= 0.6 is 0 Å². The van der Waals surface area contributed by atoms with Gasteiger partial charge in [0.15, 0.2) is 0 Å². The zero-order valence-electron chi connectivity index (χ0n) is 14.1. The van der Waals surface area contributed by atoms with E-state index in [1.54, 1.807) is 25.2 Å². The molecule has 1 atom stereocenters. The van der Waals surface area contributed by atoms with Gasteiger partial charge in [0.2, 0.25) is 10.0 Å². The van der Waals surface area contributed by atoms with Gasteiger partial charge in [0.1, 0.15) is 11.9 Å². The first-order valence-electron chi connectivity index (χ1n) is 8.19. The molecule has 0 N–H and O–H groups in total. The van der Waals surface area contributed by atoms with Gasteiger partial charge in [-0.15, -0.1) is 0 Å². The fourth-order valence-electron chi connectivity index (χ4n) is 3.41. The van der Waals surface area contributed by atoms with E-state index in [-0.39, 0.29) is 29.6 Å². The van der Waals surface area contributed by atoms with E-state index in [1.807, 2.05) is 6.92 Å². The van der Waals surface area contributed by atoms with E-state index in [4.69, 9.17) is 4.74 Å². The number of hydrogen-bond acceptors (Lipinski definition) is 5. The summed E-state index contributed by atoms with van der Waals surface area (Å²) in [7, 11) is -1.99. The molecule has 0 amide bonds. The number of fused-ring (bicyclic) bond motifs is 2. The van der Waals surface area contributed by atoms with Crippen molar-refractivity contribution in [1.82, 2.24) is 13.9 Å². The normalized spacial score (nSPS) is 20.0. The Kier molecular flexibility index (Phi) is 3.69. The predicted molar refractivity (Wildman–Crippen MR) is 91.0 cm³/mol. The van der Waals surface area contributed by atoms with E-state index in [0.717, 1.165) is 11.3 Å². The fraction of sp³-hybridized carbons (Fsp3) is 0.412. The molecule has 0 radical (unpaired) electrons. The van der Waals surface area contributed by atoms with Crippen molar-refractivity contribution in [2.75, 3.05) is 6.54 Å². The molecule has 0 bridgehead atoms. The minimum absolute atomic E-state index is 0.0650. The van der Waals surface area contributed by atoms with Crippen molar-refractivity contribution in [3.05, 3.63) is 51.7 Å². The van der Waals surface area contributed by atoms with Crippen LogP contribution in [0.15, 0.2) is 34.2 Å². The van der Waals surface area contributed by atoms with Gasteiger partial charge in [0, 0.05) is 25.6 Å². The van der Waals surface area contributed by atoms with E-state index in [1.165, 1.54) is 15.2 Å². The standard InChI is InChI=1S/C17H19N3O4S/c1-11-7-12-8-13(3-4-16(12)24-11)25(22,23)20-6-5-14-15(9-20)18-10-19(2)17(14)21/h3-4,8,10-11H,5-7,9H2,1-2H3. The van der Waals surface area contributed by atoms with Crippen molar-refractivity contribution >= 4 is 10.0 Å². The average molecular weight is 361 g/mol. The molecule has 25 heavy (non-hydrogen) atoms. The van der Waals surface area contributed by atoms with Crippen LogP contribution in [0.5, 0.6) is 5.75 Å². The molecule has 1 unspecified atom stereocenters. The van der Waals surface area contributed by atoms with Gasteiger partial charge >= 0.3 is 0 Å². The molecular formula is C17H19N3O4S. The summed E-state index contributed by atoms with van der Waals surface area (Å²) in [6, 6.07) is 5.00. The second kappa shape index (κ2) is 5.67. The van der Waals surface area contributed by atoms with Crippen molar-refractivity contribution in [3.8, 4) is 5.75 Å². The summed E-state index contributed by atoms with van der Waals surface area (Å²) in [5.41, 5.74) is 1.95. The van der Waals surface area contributed by atoms with Crippen LogP contribution in [0.4, 0.5) is 0 Å². The highest BCUT2D eigenvalue weighted by atomic mass is 32.2. The van der Waals surface area contributed by atoms with Crippen molar-refractivity contribution < 1.29 is 13.2 Å². The lowest BCUT2D eigenvalue weighted by atomic mass is 10.1. The molecule has 7 nitrogen and oxygen atoms in total. The van der Waals surface area contributed by atoms with Gasteiger partial charge in [0.05, 0.1) is 23.5 Å². The molecule has 0 spiro atoms. The van der Waals surface area contributed by atoms with Gasteiger partial charge in [-0.1, -0.05) is 0 Å². The van der Waals surface area contributed by atoms with E-state index in [2.05, 4.69) is 4.98 Å². The molecule has 0 fully saturated rings. The minimum Gasteiger partial charge on any atom is -0.490 e. The van der Waals surface area contributed by atoms with Gasteiger partial charge in [-0.05, 0) is 37.1 Å². The first kappa shape index (κ1) is 16.3. The molecule has 0 aliphatic carbocycles. The molecule has 2 aliphatic rings. The van der Waals surface area contributed by atoms with Crippen molar-refractivity contribution in [2.24, 2.45) is 7.05 Å². The summed E-state index contributed by atoms with van der Waals surface area (Å²) in [5, 5.41) is 0. The van der Waals surface area contributed by atoms with E-state index < -0.39 is 10.0 Å². The van der Waals surface area contributed by atoms with Gasteiger partial charge in [0.25, 0.3) is 5.56 Å². The Balaban J connectivity index is 1.67. The summed E-state index contributed by atoms with van der Waals surface area (Å²) in [5.74, 6) is 0.751. The largest absolute Gasteiger partial charge is 0.490 e. The Hall–Kier alpha value is -2.19. The number of aryl methyl sites for hydroxylation is 1. The monoisotopic (exact) mass is 361 g/mol. The number of benzene rings is 1. The number of nitrogens with zero attached hydrogens (tertiary/aromatic N) is 3. The maximum absolute atomic E-state index is 13.0. The van der Waals surface area contributed by atoms with Crippen LogP contribution in [0.2, 0.25) is 0 Å². The predicted octanol–water partition coefficient (Wildman–Crippen LogP) is 0.851. The van der Waals surface area contributed by atoms with Crippen molar-refractivity contribution in [3.63, 3.8) is 0 Å². The van der Waals surface area contributed by atoms with Gasteiger partial charge in [-0.25, -0.2) is 13.4 Å². The topological polar surface area (TPSA) is 81.5 Å². The summed E-state index contributed by atoms with van der Waals surface area (Å²) in [6.07, 6.45) is 2.58. The van der Waals surface area contributed by atoms with Crippen LogP contribution in [0.3, 0.4) is 0 Å². The van der Waals surface area contributed by atoms with Gasteiger partial charge < -0.3 is 9.30 Å². The summed E-state index contributed by atoms with van der Waals surface area (Å²) >= 11 is 0. The maximum atomic E-state index is 13.0. The van der Waals surface area contributed by atoms with Crippen LogP contribution in [0.1, 0.15) is 23.7 Å². The first-order valence-corrected chi connectivity index (χ1v) is 9.63. The molecule has 0 saturated carbocycles. The van der Waals surface area contributed by atoms with E-state index >= 15 is 0 Å². The summed E-state index contributed by atoms with van der Waals surface area (Å²) in [4.78, 5) is 16.6. The number of aromatic nitrogens is 2. The number of sulfonamides is 1. The zero-order chi connectivity index (χ0) is 17.8. The summed E-state index contributed by atoms with van der Waals surface area (Å²) in [6.45, 7) is 2.36. The Morgan fingerprint density at radius 3 is 2.92 bits per heavy atom. The molecule has 8 heteroatoms. The second-order valence-corrected chi connectivity index (χ2v) is 8.51. The van der Waals surface area contributed by atoms with Crippen LogP contribution in [-0.2, 0) is 36.5 Å². The molecule has 3 heterocycles. The third kappa shape index (κ3) is 2.65. The highest BCUT2D eigenvalue weighted by molar-refractivity contribution is 7.89. The third-order valence-electron chi connectivity index (χ3n) is 4.76. The molecule has 1 aromatic carbocycles. The number of ether oxygens (including phenoxy) is 1. The number of rotatable bonds is 2. The fourth-order valence-corrected chi connectivity index (χ4v) is 4.86. The Morgan fingerprint density at radius 1 is 1.32 bits per heavy atom. The lowest BCUT2D eigenvalue weighted by molar-refractivity contribution is 0.254. The lowest BCUT2D eigenvalue weighted by Crippen LogP contribution is -2.40.